The molecule has 20 heavy (non-hydrogen) atoms. The highest BCUT2D eigenvalue weighted by atomic mass is 79.9. The molecule has 1 N–H and O–H groups in total. The topological polar surface area (TPSA) is 30.5 Å². The largest absolute Gasteiger partial charge is 0.493 e. The summed E-state index contributed by atoms with van der Waals surface area (Å²) in [5.74, 6) is 1.26. The summed E-state index contributed by atoms with van der Waals surface area (Å²) >= 11 is 9.75. The van der Waals surface area contributed by atoms with E-state index in [1.165, 1.54) is 0 Å². The molecule has 0 spiro atoms. The molecule has 0 bridgehead atoms. The number of rotatable bonds is 5. The molecule has 0 atom stereocenters. The summed E-state index contributed by atoms with van der Waals surface area (Å²) in [6.07, 6.45) is 0. The highest BCUT2D eigenvalue weighted by Gasteiger charge is 2.10. The van der Waals surface area contributed by atoms with E-state index < -0.39 is 0 Å². The lowest BCUT2D eigenvalue weighted by molar-refractivity contribution is 0.355. The second-order valence-electron chi connectivity index (χ2n) is 4.13. The van der Waals surface area contributed by atoms with Crippen molar-refractivity contribution in [3.63, 3.8) is 0 Å². The number of anilines is 1. The van der Waals surface area contributed by atoms with Crippen molar-refractivity contribution in [1.82, 2.24) is 0 Å². The highest BCUT2D eigenvalue weighted by Crippen LogP contribution is 2.36. The molecule has 0 aromatic heterocycles. The average molecular weight is 357 g/mol. The van der Waals surface area contributed by atoms with Gasteiger partial charge in [0.2, 0.25) is 0 Å². The summed E-state index contributed by atoms with van der Waals surface area (Å²) in [7, 11) is 3.19. The van der Waals surface area contributed by atoms with Crippen molar-refractivity contribution in [1.29, 1.82) is 0 Å². The van der Waals surface area contributed by atoms with Crippen LogP contribution in [0.4, 0.5) is 5.69 Å². The zero-order valence-electron chi connectivity index (χ0n) is 11.2. The van der Waals surface area contributed by atoms with Gasteiger partial charge in [0.05, 0.1) is 24.9 Å². The van der Waals surface area contributed by atoms with Gasteiger partial charge in [0.25, 0.3) is 0 Å². The van der Waals surface area contributed by atoms with E-state index in [4.69, 9.17) is 21.1 Å². The second kappa shape index (κ2) is 6.86. The van der Waals surface area contributed by atoms with E-state index in [2.05, 4.69) is 21.2 Å². The lowest BCUT2D eigenvalue weighted by Crippen LogP contribution is -2.01. The SMILES string of the molecule is COc1cc(Cl)c(NCc2ccccc2Br)cc1OC. The van der Waals surface area contributed by atoms with Crippen LogP contribution in [0, 0.1) is 0 Å². The first-order valence-corrected chi connectivity index (χ1v) is 7.21. The first kappa shape index (κ1) is 15.0. The Morgan fingerprint density at radius 3 is 2.40 bits per heavy atom. The molecule has 0 saturated heterocycles. The van der Waals surface area contributed by atoms with Gasteiger partial charge in [-0.3, -0.25) is 0 Å². The van der Waals surface area contributed by atoms with Crippen molar-refractivity contribution >= 4 is 33.2 Å². The fourth-order valence-electron chi connectivity index (χ4n) is 1.82. The molecule has 0 aliphatic rings. The Morgan fingerprint density at radius 1 is 1.10 bits per heavy atom. The third-order valence-electron chi connectivity index (χ3n) is 2.90. The maximum atomic E-state index is 6.23. The van der Waals surface area contributed by atoms with Crippen LogP contribution in [0.3, 0.4) is 0 Å². The quantitative estimate of drug-likeness (QED) is 0.840. The van der Waals surface area contributed by atoms with Gasteiger partial charge >= 0.3 is 0 Å². The first-order chi connectivity index (χ1) is 9.65. The molecule has 0 aliphatic heterocycles. The second-order valence-corrected chi connectivity index (χ2v) is 5.39. The van der Waals surface area contributed by atoms with Gasteiger partial charge in [0.1, 0.15) is 0 Å². The lowest BCUT2D eigenvalue weighted by Gasteiger charge is -2.14. The molecule has 0 aliphatic carbocycles. The fourth-order valence-corrected chi connectivity index (χ4v) is 2.47. The zero-order chi connectivity index (χ0) is 14.5. The number of hydrogen-bond acceptors (Lipinski definition) is 3. The van der Waals surface area contributed by atoms with Crippen molar-refractivity contribution in [2.75, 3.05) is 19.5 Å². The van der Waals surface area contributed by atoms with E-state index in [0.29, 0.717) is 23.1 Å². The van der Waals surface area contributed by atoms with E-state index in [0.717, 1.165) is 15.7 Å². The van der Waals surface area contributed by atoms with Crippen molar-refractivity contribution in [2.24, 2.45) is 0 Å². The Balaban J connectivity index is 2.19. The summed E-state index contributed by atoms with van der Waals surface area (Å²) in [6.45, 7) is 0.663. The third kappa shape index (κ3) is 3.38. The summed E-state index contributed by atoms with van der Waals surface area (Å²) in [5.41, 5.74) is 1.96. The number of ether oxygens (including phenoxy) is 2. The van der Waals surface area contributed by atoms with E-state index >= 15 is 0 Å². The summed E-state index contributed by atoms with van der Waals surface area (Å²) in [5, 5.41) is 3.89. The predicted molar refractivity (Wildman–Crippen MR) is 86.0 cm³/mol. The Morgan fingerprint density at radius 2 is 1.75 bits per heavy atom. The molecule has 0 heterocycles. The predicted octanol–water partition coefficient (Wildman–Crippen LogP) is 4.73. The van der Waals surface area contributed by atoms with Gasteiger partial charge in [-0.15, -0.1) is 0 Å². The summed E-state index contributed by atoms with van der Waals surface area (Å²) < 4.78 is 11.5. The smallest absolute Gasteiger partial charge is 0.162 e. The molecule has 0 unspecified atom stereocenters. The van der Waals surface area contributed by atoms with E-state index in [1.807, 2.05) is 30.3 Å². The normalized spacial score (nSPS) is 10.2. The third-order valence-corrected chi connectivity index (χ3v) is 3.99. The Bertz CT molecular complexity index is 604. The highest BCUT2D eigenvalue weighted by molar-refractivity contribution is 9.10. The van der Waals surface area contributed by atoms with Crippen molar-refractivity contribution in [2.45, 2.75) is 6.54 Å². The molecule has 2 aromatic carbocycles. The van der Waals surface area contributed by atoms with Gasteiger partial charge in [-0.05, 0) is 11.6 Å². The Hall–Kier alpha value is -1.39. The maximum Gasteiger partial charge on any atom is 0.162 e. The van der Waals surface area contributed by atoms with Gasteiger partial charge in [0.15, 0.2) is 11.5 Å². The Kier molecular flexibility index (Phi) is 5.15. The number of nitrogens with one attached hydrogen (secondary N) is 1. The number of methoxy groups -OCH3 is 2. The van der Waals surface area contributed by atoms with Crippen molar-refractivity contribution < 1.29 is 9.47 Å². The minimum Gasteiger partial charge on any atom is -0.493 e. The van der Waals surface area contributed by atoms with E-state index in [9.17, 15) is 0 Å². The zero-order valence-corrected chi connectivity index (χ0v) is 13.6. The van der Waals surface area contributed by atoms with Gasteiger partial charge < -0.3 is 14.8 Å². The molecule has 3 nitrogen and oxygen atoms in total. The maximum absolute atomic E-state index is 6.23. The first-order valence-electron chi connectivity index (χ1n) is 6.04. The monoisotopic (exact) mass is 355 g/mol. The molecular weight excluding hydrogens is 342 g/mol. The molecule has 0 radical (unpaired) electrons. The van der Waals surface area contributed by atoms with Crippen LogP contribution in [-0.4, -0.2) is 14.2 Å². The van der Waals surface area contributed by atoms with Crippen LogP contribution in [0.25, 0.3) is 0 Å². The molecule has 2 aromatic rings. The molecule has 0 fully saturated rings. The molecule has 106 valence electrons. The minimum absolute atomic E-state index is 0.592. The van der Waals surface area contributed by atoms with Gasteiger partial charge in [-0.1, -0.05) is 45.7 Å². The van der Waals surface area contributed by atoms with Crippen molar-refractivity contribution in [3.8, 4) is 11.5 Å². The van der Waals surface area contributed by atoms with Gasteiger partial charge in [-0.25, -0.2) is 0 Å². The van der Waals surface area contributed by atoms with Crippen molar-refractivity contribution in [3.05, 3.63) is 51.5 Å². The summed E-state index contributed by atoms with van der Waals surface area (Å²) in [6, 6.07) is 11.6. The fraction of sp³-hybridized carbons (Fsp3) is 0.200. The van der Waals surface area contributed by atoms with Crippen LogP contribution >= 0.6 is 27.5 Å². The van der Waals surface area contributed by atoms with Gasteiger partial charge in [-0.2, -0.15) is 0 Å². The Labute approximate surface area is 132 Å². The molecule has 5 heteroatoms. The molecule has 0 amide bonds. The van der Waals surface area contributed by atoms with Gasteiger partial charge in [0, 0.05) is 23.2 Å². The van der Waals surface area contributed by atoms with Crippen LogP contribution in [0.15, 0.2) is 40.9 Å². The van der Waals surface area contributed by atoms with Crippen LogP contribution in [0.1, 0.15) is 5.56 Å². The average Bonchev–Trinajstić information content (AvgIpc) is 2.47. The van der Waals surface area contributed by atoms with Crippen LogP contribution < -0.4 is 14.8 Å². The molecule has 0 saturated carbocycles. The summed E-state index contributed by atoms with van der Waals surface area (Å²) in [4.78, 5) is 0. The van der Waals surface area contributed by atoms with E-state index in [1.54, 1.807) is 20.3 Å². The molecular formula is C15H15BrClNO2. The minimum atomic E-state index is 0.592. The van der Waals surface area contributed by atoms with Crippen LogP contribution in [-0.2, 0) is 6.54 Å². The standard InChI is InChI=1S/C15H15BrClNO2/c1-19-14-7-12(17)13(8-15(14)20-2)18-9-10-5-3-4-6-11(10)16/h3-8,18H,9H2,1-2H3. The lowest BCUT2D eigenvalue weighted by atomic mass is 10.2. The van der Waals surface area contributed by atoms with Crippen LogP contribution in [0.2, 0.25) is 5.02 Å². The molecule has 2 rings (SSSR count). The van der Waals surface area contributed by atoms with E-state index in [-0.39, 0.29) is 0 Å². The van der Waals surface area contributed by atoms with Crippen LogP contribution in [0.5, 0.6) is 11.5 Å². The number of hydrogen-bond donors (Lipinski definition) is 1. The number of halogens is 2. The number of benzene rings is 2.